The molecule has 16 heavy (non-hydrogen) atoms. The summed E-state index contributed by atoms with van der Waals surface area (Å²) in [6.07, 6.45) is 3.83. The third-order valence-electron chi connectivity index (χ3n) is 3.18. The van der Waals surface area contributed by atoms with Gasteiger partial charge >= 0.3 is 7.12 Å². The van der Waals surface area contributed by atoms with Gasteiger partial charge in [0.15, 0.2) is 0 Å². The molecule has 1 heterocycles. The SMILES string of the molecule is OB(O)c1ccccc1CN1CCCCC1. The fourth-order valence-electron chi connectivity index (χ4n) is 2.29. The number of benzene rings is 1. The van der Waals surface area contributed by atoms with Crippen molar-refractivity contribution in [2.24, 2.45) is 0 Å². The van der Waals surface area contributed by atoms with Crippen molar-refractivity contribution in [2.45, 2.75) is 25.8 Å². The zero-order chi connectivity index (χ0) is 11.4. The number of hydrogen-bond acceptors (Lipinski definition) is 3. The lowest BCUT2D eigenvalue weighted by Crippen LogP contribution is -2.37. The monoisotopic (exact) mass is 219 g/mol. The van der Waals surface area contributed by atoms with Gasteiger partial charge in [0.05, 0.1) is 0 Å². The highest BCUT2D eigenvalue weighted by molar-refractivity contribution is 6.59. The van der Waals surface area contributed by atoms with Gasteiger partial charge in [0.25, 0.3) is 0 Å². The Morgan fingerprint density at radius 3 is 2.44 bits per heavy atom. The van der Waals surface area contributed by atoms with Crippen molar-refractivity contribution in [2.75, 3.05) is 13.1 Å². The molecule has 0 radical (unpaired) electrons. The second kappa shape index (κ2) is 5.48. The maximum atomic E-state index is 9.27. The average Bonchev–Trinajstić information content (AvgIpc) is 2.31. The maximum absolute atomic E-state index is 9.27. The molecule has 1 saturated heterocycles. The Bertz CT molecular complexity index is 338. The number of piperidine rings is 1. The van der Waals surface area contributed by atoms with Gasteiger partial charge in [-0.2, -0.15) is 0 Å². The number of likely N-dealkylation sites (tertiary alicyclic amines) is 1. The van der Waals surface area contributed by atoms with Gasteiger partial charge in [0.2, 0.25) is 0 Å². The largest absolute Gasteiger partial charge is 0.488 e. The van der Waals surface area contributed by atoms with E-state index >= 15 is 0 Å². The van der Waals surface area contributed by atoms with Crippen molar-refractivity contribution in [3.8, 4) is 0 Å². The van der Waals surface area contributed by atoms with Crippen LogP contribution >= 0.6 is 0 Å². The molecular weight excluding hydrogens is 201 g/mol. The van der Waals surface area contributed by atoms with E-state index in [4.69, 9.17) is 0 Å². The maximum Gasteiger partial charge on any atom is 0.488 e. The molecule has 0 atom stereocenters. The number of hydrogen-bond donors (Lipinski definition) is 2. The molecule has 2 N–H and O–H groups in total. The summed E-state index contributed by atoms with van der Waals surface area (Å²) in [5, 5.41) is 18.5. The molecule has 1 aliphatic rings. The van der Waals surface area contributed by atoms with Crippen molar-refractivity contribution in [3.63, 3.8) is 0 Å². The lowest BCUT2D eigenvalue weighted by Gasteiger charge is -2.27. The summed E-state index contributed by atoms with van der Waals surface area (Å²) in [5.41, 5.74) is 1.66. The van der Waals surface area contributed by atoms with Gasteiger partial charge in [-0.15, -0.1) is 0 Å². The van der Waals surface area contributed by atoms with E-state index in [9.17, 15) is 10.0 Å². The fourth-order valence-corrected chi connectivity index (χ4v) is 2.29. The van der Waals surface area contributed by atoms with Gasteiger partial charge in [-0.05, 0) is 37.0 Å². The van der Waals surface area contributed by atoms with Crippen molar-refractivity contribution >= 4 is 12.6 Å². The minimum atomic E-state index is -1.36. The minimum absolute atomic E-state index is 0.632. The molecule has 0 spiro atoms. The lowest BCUT2D eigenvalue weighted by molar-refractivity contribution is 0.221. The van der Waals surface area contributed by atoms with Crippen molar-refractivity contribution in [3.05, 3.63) is 29.8 Å². The van der Waals surface area contributed by atoms with Crippen LogP contribution in [-0.4, -0.2) is 35.2 Å². The molecule has 1 aliphatic heterocycles. The van der Waals surface area contributed by atoms with Gasteiger partial charge in [-0.25, -0.2) is 0 Å². The van der Waals surface area contributed by atoms with E-state index < -0.39 is 7.12 Å². The van der Waals surface area contributed by atoms with Gasteiger partial charge < -0.3 is 10.0 Å². The van der Waals surface area contributed by atoms with Gasteiger partial charge in [-0.1, -0.05) is 30.7 Å². The van der Waals surface area contributed by atoms with Crippen molar-refractivity contribution in [1.29, 1.82) is 0 Å². The summed E-state index contributed by atoms with van der Waals surface area (Å²) < 4.78 is 0. The van der Waals surface area contributed by atoms with E-state index in [-0.39, 0.29) is 0 Å². The first kappa shape index (κ1) is 11.6. The van der Waals surface area contributed by atoms with E-state index in [0.717, 1.165) is 25.2 Å². The third kappa shape index (κ3) is 2.85. The zero-order valence-electron chi connectivity index (χ0n) is 9.47. The molecule has 86 valence electrons. The Hall–Kier alpha value is -0.835. The van der Waals surface area contributed by atoms with Crippen LogP contribution < -0.4 is 5.46 Å². The normalized spacial score (nSPS) is 17.4. The van der Waals surface area contributed by atoms with Crippen molar-refractivity contribution in [1.82, 2.24) is 4.90 Å². The molecule has 4 heteroatoms. The number of nitrogens with zero attached hydrogens (tertiary/aromatic N) is 1. The summed E-state index contributed by atoms with van der Waals surface area (Å²) in [6.45, 7) is 3.07. The summed E-state index contributed by atoms with van der Waals surface area (Å²) in [7, 11) is -1.36. The van der Waals surface area contributed by atoms with Crippen LogP contribution in [0, 0.1) is 0 Å². The lowest BCUT2D eigenvalue weighted by atomic mass is 9.77. The van der Waals surface area contributed by atoms with E-state index in [0.29, 0.717) is 5.46 Å². The van der Waals surface area contributed by atoms with Crippen LogP contribution in [0.25, 0.3) is 0 Å². The molecule has 0 aliphatic carbocycles. The molecular formula is C12H18BNO2. The highest BCUT2D eigenvalue weighted by atomic mass is 16.4. The third-order valence-corrected chi connectivity index (χ3v) is 3.18. The van der Waals surface area contributed by atoms with Crippen LogP contribution in [0.1, 0.15) is 24.8 Å². The van der Waals surface area contributed by atoms with Crippen LogP contribution in [0.2, 0.25) is 0 Å². The van der Waals surface area contributed by atoms with Crippen LogP contribution in [0.5, 0.6) is 0 Å². The molecule has 1 aromatic rings. The van der Waals surface area contributed by atoms with E-state index in [1.165, 1.54) is 19.3 Å². The molecule has 0 unspecified atom stereocenters. The molecule has 1 fully saturated rings. The minimum Gasteiger partial charge on any atom is -0.423 e. The fraction of sp³-hybridized carbons (Fsp3) is 0.500. The first-order valence-corrected chi connectivity index (χ1v) is 5.93. The van der Waals surface area contributed by atoms with Crippen LogP contribution in [0.15, 0.2) is 24.3 Å². The number of rotatable bonds is 3. The second-order valence-electron chi connectivity index (χ2n) is 4.41. The molecule has 0 amide bonds. The average molecular weight is 219 g/mol. The first-order chi connectivity index (χ1) is 7.77. The summed E-state index contributed by atoms with van der Waals surface area (Å²) in [5.74, 6) is 0. The summed E-state index contributed by atoms with van der Waals surface area (Å²) in [6, 6.07) is 7.55. The van der Waals surface area contributed by atoms with E-state index in [2.05, 4.69) is 4.90 Å². The van der Waals surface area contributed by atoms with Crippen molar-refractivity contribution < 1.29 is 10.0 Å². The molecule has 2 rings (SSSR count). The topological polar surface area (TPSA) is 43.7 Å². The Morgan fingerprint density at radius 2 is 1.75 bits per heavy atom. The van der Waals surface area contributed by atoms with Crippen LogP contribution in [0.3, 0.4) is 0 Å². The van der Waals surface area contributed by atoms with E-state index in [1.54, 1.807) is 6.07 Å². The van der Waals surface area contributed by atoms with Crippen LogP contribution in [0.4, 0.5) is 0 Å². The Balaban J connectivity index is 2.07. The molecule has 0 saturated carbocycles. The first-order valence-electron chi connectivity index (χ1n) is 5.93. The predicted molar refractivity (Wildman–Crippen MR) is 65.4 cm³/mol. The summed E-state index contributed by atoms with van der Waals surface area (Å²) >= 11 is 0. The van der Waals surface area contributed by atoms with Crippen LogP contribution in [-0.2, 0) is 6.54 Å². The smallest absolute Gasteiger partial charge is 0.423 e. The van der Waals surface area contributed by atoms with E-state index in [1.807, 2.05) is 18.2 Å². The Kier molecular flexibility index (Phi) is 3.99. The quantitative estimate of drug-likeness (QED) is 0.721. The summed E-state index contributed by atoms with van der Waals surface area (Å²) in [4.78, 5) is 2.38. The Labute approximate surface area is 96.9 Å². The van der Waals surface area contributed by atoms with Gasteiger partial charge in [0, 0.05) is 6.54 Å². The standard InChI is InChI=1S/C12H18BNO2/c15-13(16)12-7-3-2-6-11(12)10-14-8-4-1-5-9-14/h2-3,6-7,15-16H,1,4-5,8-10H2. The predicted octanol–water partition coefficient (Wildman–Crippen LogP) is 0.352. The zero-order valence-corrected chi connectivity index (χ0v) is 9.47. The van der Waals surface area contributed by atoms with Gasteiger partial charge in [-0.3, -0.25) is 4.90 Å². The second-order valence-corrected chi connectivity index (χ2v) is 4.41. The highest BCUT2D eigenvalue weighted by Crippen LogP contribution is 2.12. The molecule has 1 aromatic carbocycles. The highest BCUT2D eigenvalue weighted by Gasteiger charge is 2.17. The molecule has 3 nitrogen and oxygen atoms in total. The molecule has 0 bridgehead atoms. The Morgan fingerprint density at radius 1 is 1.06 bits per heavy atom. The molecule has 0 aromatic heterocycles. The van der Waals surface area contributed by atoms with Gasteiger partial charge in [0.1, 0.15) is 0 Å².